The second-order valence-corrected chi connectivity index (χ2v) is 12.6. The van der Waals surface area contributed by atoms with Crippen LogP contribution in [0, 0.1) is 17.3 Å². The molecule has 0 spiro atoms. The number of ether oxygens (including phenoxy) is 3. The lowest BCUT2D eigenvalue weighted by molar-refractivity contribution is -0.312. The molecule has 2 rings (SSSR count). The molecule has 2 heterocycles. The van der Waals surface area contributed by atoms with Gasteiger partial charge in [-0.2, -0.15) is 0 Å². The molecule has 10 heteroatoms. The summed E-state index contributed by atoms with van der Waals surface area (Å²) in [6.45, 7) is 11.4. The van der Waals surface area contributed by atoms with Gasteiger partial charge in [-0.1, -0.05) is 93.7 Å². The van der Waals surface area contributed by atoms with Crippen LogP contribution in [0.5, 0.6) is 0 Å². The molecular formula is C36H53NO9. The monoisotopic (exact) mass is 643 g/mol. The lowest BCUT2D eigenvalue weighted by Gasteiger charge is -2.50. The van der Waals surface area contributed by atoms with E-state index in [2.05, 4.69) is 5.32 Å². The number of carbonyl (C=O) groups excluding carboxylic acids is 1. The Morgan fingerprint density at radius 1 is 1.04 bits per heavy atom. The molecule has 2 saturated heterocycles. The van der Waals surface area contributed by atoms with E-state index in [1.807, 2.05) is 58.9 Å². The van der Waals surface area contributed by atoms with Gasteiger partial charge in [0.15, 0.2) is 5.79 Å². The van der Waals surface area contributed by atoms with Crippen LogP contribution in [0.15, 0.2) is 84.6 Å². The first-order valence-corrected chi connectivity index (χ1v) is 15.8. The number of aliphatic hydroxyl groups is 3. The van der Waals surface area contributed by atoms with E-state index in [-0.39, 0.29) is 31.1 Å². The molecule has 0 aromatic carbocycles. The van der Waals surface area contributed by atoms with Crippen molar-refractivity contribution < 1.29 is 44.2 Å². The van der Waals surface area contributed by atoms with Crippen LogP contribution >= 0.6 is 0 Å². The van der Waals surface area contributed by atoms with Crippen LogP contribution in [0.25, 0.3) is 0 Å². The summed E-state index contributed by atoms with van der Waals surface area (Å²) in [5, 5.41) is 44.0. The number of aliphatic hydroxyl groups excluding tert-OH is 2. The van der Waals surface area contributed by atoms with Crippen LogP contribution in [-0.2, 0) is 23.8 Å². The second-order valence-electron chi connectivity index (χ2n) is 12.6. The van der Waals surface area contributed by atoms with Gasteiger partial charge in [0, 0.05) is 43.9 Å². The Kier molecular flexibility index (Phi) is 15.5. The van der Waals surface area contributed by atoms with E-state index in [9.17, 15) is 24.9 Å². The van der Waals surface area contributed by atoms with Crippen LogP contribution in [0.1, 0.15) is 54.4 Å². The van der Waals surface area contributed by atoms with Crippen molar-refractivity contribution in [3.05, 3.63) is 84.6 Å². The van der Waals surface area contributed by atoms with Crippen LogP contribution in [0.2, 0.25) is 0 Å². The lowest BCUT2D eigenvalue weighted by Crippen LogP contribution is -2.60. The van der Waals surface area contributed by atoms with E-state index in [1.54, 1.807) is 56.6 Å². The second kappa shape index (κ2) is 18.3. The fourth-order valence-corrected chi connectivity index (χ4v) is 5.57. The molecule has 2 aliphatic heterocycles. The molecule has 0 saturated carbocycles. The first-order valence-electron chi connectivity index (χ1n) is 15.8. The number of carboxylic acid groups (broad SMARTS) is 1. The van der Waals surface area contributed by atoms with Crippen molar-refractivity contribution in [2.45, 2.75) is 96.8 Å². The smallest absolute Gasteiger partial charge is 0.328 e. The third-order valence-corrected chi connectivity index (χ3v) is 8.78. The zero-order valence-electron chi connectivity index (χ0n) is 28.1. The average molecular weight is 644 g/mol. The van der Waals surface area contributed by atoms with E-state index in [4.69, 9.17) is 19.3 Å². The Bertz CT molecular complexity index is 1210. The predicted molar refractivity (Wildman–Crippen MR) is 178 cm³/mol. The summed E-state index contributed by atoms with van der Waals surface area (Å²) in [6.07, 6.45) is 19.2. The number of methoxy groups -OCH3 is 1. The van der Waals surface area contributed by atoms with Crippen molar-refractivity contribution in [2.24, 2.45) is 17.3 Å². The molecule has 1 amide bonds. The Morgan fingerprint density at radius 3 is 2.37 bits per heavy atom. The van der Waals surface area contributed by atoms with Gasteiger partial charge in [-0.15, -0.1) is 0 Å². The van der Waals surface area contributed by atoms with E-state index < -0.39 is 53.4 Å². The number of carboxylic acids is 1. The highest BCUT2D eigenvalue weighted by Gasteiger charge is 2.53. The topological polar surface area (TPSA) is 155 Å². The SMILES string of the molecule is C/C=C\C=C\C1OC(O)([C@H](C)C(=O)NC/C=C/C=C(\C)C(OC)C(C)C2CC(O)C(/C=C/C=C/C=C\C(=O)O)O2)CC(O)C1(C)C. The van der Waals surface area contributed by atoms with Crippen molar-refractivity contribution in [1.82, 2.24) is 5.32 Å². The molecule has 0 radical (unpaired) electrons. The number of amides is 1. The number of nitrogens with one attached hydrogen (secondary N) is 1. The summed E-state index contributed by atoms with van der Waals surface area (Å²) >= 11 is 0. The maximum Gasteiger partial charge on any atom is 0.328 e. The predicted octanol–water partition coefficient (Wildman–Crippen LogP) is 4.16. The molecule has 0 bridgehead atoms. The van der Waals surface area contributed by atoms with E-state index in [1.165, 1.54) is 6.08 Å². The minimum Gasteiger partial charge on any atom is -0.478 e. The quantitative estimate of drug-likeness (QED) is 0.131. The lowest BCUT2D eigenvalue weighted by atomic mass is 9.73. The third-order valence-electron chi connectivity index (χ3n) is 8.78. The summed E-state index contributed by atoms with van der Waals surface area (Å²) in [5.74, 6) is -4.24. The summed E-state index contributed by atoms with van der Waals surface area (Å²) in [4.78, 5) is 23.5. The van der Waals surface area contributed by atoms with E-state index >= 15 is 0 Å². The van der Waals surface area contributed by atoms with Crippen LogP contribution < -0.4 is 5.32 Å². The average Bonchev–Trinajstić information content (AvgIpc) is 3.37. The zero-order chi connectivity index (χ0) is 34.5. The van der Waals surface area contributed by atoms with Crippen LogP contribution in [0.4, 0.5) is 0 Å². The highest BCUT2D eigenvalue weighted by atomic mass is 16.6. The van der Waals surface area contributed by atoms with Gasteiger partial charge in [0.25, 0.3) is 0 Å². The number of carbonyl (C=O) groups is 2. The fourth-order valence-electron chi connectivity index (χ4n) is 5.57. The summed E-state index contributed by atoms with van der Waals surface area (Å²) in [7, 11) is 1.62. The number of hydrogen-bond donors (Lipinski definition) is 5. The summed E-state index contributed by atoms with van der Waals surface area (Å²) < 4.78 is 17.9. The minimum atomic E-state index is -1.83. The zero-order valence-corrected chi connectivity index (χ0v) is 28.1. The maximum absolute atomic E-state index is 13.0. The number of allylic oxidation sites excluding steroid dienone is 9. The number of hydrogen-bond acceptors (Lipinski definition) is 8. The molecule has 8 unspecified atom stereocenters. The van der Waals surface area contributed by atoms with Gasteiger partial charge < -0.3 is 40.0 Å². The summed E-state index contributed by atoms with van der Waals surface area (Å²) in [5.41, 5.74) is 0.295. The van der Waals surface area contributed by atoms with Gasteiger partial charge in [-0.3, -0.25) is 4.79 Å². The van der Waals surface area contributed by atoms with E-state index in [0.29, 0.717) is 6.42 Å². The van der Waals surface area contributed by atoms with Gasteiger partial charge >= 0.3 is 5.97 Å². The van der Waals surface area contributed by atoms with Crippen molar-refractivity contribution in [2.75, 3.05) is 13.7 Å². The third kappa shape index (κ3) is 11.0. The Balaban J connectivity index is 1.93. The Labute approximate surface area is 273 Å². The first kappa shape index (κ1) is 39.1. The van der Waals surface area contributed by atoms with Crippen molar-refractivity contribution in [1.29, 1.82) is 0 Å². The molecule has 0 aromatic rings. The molecule has 0 aromatic heterocycles. The van der Waals surface area contributed by atoms with Crippen molar-refractivity contribution >= 4 is 11.9 Å². The molecule has 9 atom stereocenters. The molecular weight excluding hydrogens is 590 g/mol. The minimum absolute atomic E-state index is 0.0643. The first-order chi connectivity index (χ1) is 21.7. The Hall–Kier alpha value is -3.12. The van der Waals surface area contributed by atoms with Gasteiger partial charge in [-0.05, 0) is 26.3 Å². The van der Waals surface area contributed by atoms with Crippen molar-refractivity contribution in [3.63, 3.8) is 0 Å². The summed E-state index contributed by atoms with van der Waals surface area (Å²) in [6, 6.07) is 0. The largest absolute Gasteiger partial charge is 0.478 e. The Morgan fingerprint density at radius 2 is 1.72 bits per heavy atom. The molecule has 46 heavy (non-hydrogen) atoms. The van der Waals surface area contributed by atoms with Gasteiger partial charge in [0.05, 0.1) is 36.4 Å². The van der Waals surface area contributed by atoms with Gasteiger partial charge in [-0.25, -0.2) is 4.79 Å². The van der Waals surface area contributed by atoms with E-state index in [0.717, 1.165) is 11.6 Å². The maximum atomic E-state index is 13.0. The number of aliphatic carboxylic acids is 1. The molecule has 2 fully saturated rings. The normalized spacial score (nSPS) is 31.2. The van der Waals surface area contributed by atoms with Gasteiger partial charge in [0.1, 0.15) is 6.10 Å². The molecule has 10 nitrogen and oxygen atoms in total. The van der Waals surface area contributed by atoms with Crippen LogP contribution in [0.3, 0.4) is 0 Å². The number of rotatable bonds is 15. The molecule has 2 aliphatic rings. The van der Waals surface area contributed by atoms with Gasteiger partial charge in [0.2, 0.25) is 5.91 Å². The molecule has 0 aliphatic carbocycles. The highest BCUT2D eigenvalue weighted by Crippen LogP contribution is 2.43. The highest BCUT2D eigenvalue weighted by molar-refractivity contribution is 5.80. The fraction of sp³-hybridized carbons (Fsp3) is 0.556. The molecule has 5 N–H and O–H groups in total. The standard InChI is InChI=1S/C36H53NO9/c1-8-9-12-19-31-35(5,6)30(39)23-36(43,46-31)26(4)34(42)37-21-16-15-17-24(2)33(44-7)25(3)29-22-27(38)28(45-29)18-13-10-11-14-20-32(40)41/h8-20,25-31,33,38-39,43H,21-23H2,1-7H3,(H,37,42)(H,40,41)/b9-8-,11-10+,16-15+,18-13+,19-12+,20-14-,24-17+/t25?,26-,27?,28?,29?,30?,31?,33?,36?/m1/s1. The van der Waals surface area contributed by atoms with Crippen molar-refractivity contribution in [3.8, 4) is 0 Å². The van der Waals surface area contributed by atoms with Crippen LogP contribution in [-0.4, -0.2) is 88.4 Å². The molecule has 256 valence electrons.